The summed E-state index contributed by atoms with van der Waals surface area (Å²) in [5.74, 6) is -0.370. The highest BCUT2D eigenvalue weighted by molar-refractivity contribution is 5.93. The van der Waals surface area contributed by atoms with E-state index in [2.05, 4.69) is 16.3 Å². The number of nitrogens with two attached hydrogens (primary N) is 1. The van der Waals surface area contributed by atoms with Gasteiger partial charge in [0, 0.05) is 25.4 Å². The lowest BCUT2D eigenvalue weighted by Gasteiger charge is -2.31. The molecule has 1 atom stereocenters. The second-order valence-corrected chi connectivity index (χ2v) is 7.85. The number of rotatable bonds is 8. The number of aliphatic hydroxyl groups excluding tert-OH is 1. The van der Waals surface area contributed by atoms with Crippen LogP contribution >= 0.6 is 0 Å². The van der Waals surface area contributed by atoms with Gasteiger partial charge in [-0.15, -0.1) is 0 Å². The molecule has 1 heterocycles. The maximum absolute atomic E-state index is 13.1. The standard InChI is InChI=1S/C23H30FN3O2/c24-21-6-4-17(5-7-21)12-20(14-25)23(29)26-22-3-1-2-19(13-22)15-27-10-8-18(16-28)9-11-27/h1-7,13,18,20,28H,8-12,14-16,25H2,(H,26,29). The van der Waals surface area contributed by atoms with Crippen molar-refractivity contribution in [3.8, 4) is 0 Å². The lowest BCUT2D eigenvalue weighted by Crippen LogP contribution is -2.34. The fourth-order valence-electron chi connectivity index (χ4n) is 3.77. The zero-order chi connectivity index (χ0) is 20.6. The first-order valence-electron chi connectivity index (χ1n) is 10.2. The molecular formula is C23H30FN3O2. The van der Waals surface area contributed by atoms with Crippen LogP contribution in [0.3, 0.4) is 0 Å². The monoisotopic (exact) mass is 399 g/mol. The average Bonchev–Trinajstić information content (AvgIpc) is 2.74. The van der Waals surface area contributed by atoms with Crippen molar-refractivity contribution in [1.82, 2.24) is 4.90 Å². The number of carbonyl (C=O) groups excluding carboxylic acids is 1. The van der Waals surface area contributed by atoms with E-state index in [0.717, 1.165) is 49.3 Å². The molecule has 0 aromatic heterocycles. The second kappa shape index (κ2) is 10.5. The molecule has 3 rings (SSSR count). The SMILES string of the molecule is NCC(Cc1ccc(F)cc1)C(=O)Nc1cccc(CN2CCC(CO)CC2)c1. The van der Waals surface area contributed by atoms with E-state index in [9.17, 15) is 14.3 Å². The minimum absolute atomic E-state index is 0.127. The predicted octanol–water partition coefficient (Wildman–Crippen LogP) is 2.79. The van der Waals surface area contributed by atoms with Gasteiger partial charge in [0.25, 0.3) is 0 Å². The summed E-state index contributed by atoms with van der Waals surface area (Å²) >= 11 is 0. The average molecular weight is 400 g/mol. The van der Waals surface area contributed by atoms with Gasteiger partial charge < -0.3 is 16.2 Å². The largest absolute Gasteiger partial charge is 0.396 e. The van der Waals surface area contributed by atoms with E-state index in [0.29, 0.717) is 12.3 Å². The van der Waals surface area contributed by atoms with Gasteiger partial charge in [-0.05, 0) is 73.7 Å². The molecule has 1 aliphatic rings. The van der Waals surface area contributed by atoms with E-state index in [-0.39, 0.29) is 30.8 Å². The molecular weight excluding hydrogens is 369 g/mol. The fraction of sp³-hybridized carbons (Fsp3) is 0.435. The molecule has 6 heteroatoms. The fourth-order valence-corrected chi connectivity index (χ4v) is 3.77. The van der Waals surface area contributed by atoms with Crippen LogP contribution in [0.1, 0.15) is 24.0 Å². The molecule has 0 aliphatic carbocycles. The summed E-state index contributed by atoms with van der Waals surface area (Å²) in [4.78, 5) is 15.1. The van der Waals surface area contributed by atoms with Gasteiger partial charge in [-0.25, -0.2) is 4.39 Å². The summed E-state index contributed by atoms with van der Waals surface area (Å²) in [6.45, 7) is 3.29. The first-order valence-corrected chi connectivity index (χ1v) is 10.2. The van der Waals surface area contributed by atoms with E-state index in [1.807, 2.05) is 18.2 Å². The predicted molar refractivity (Wildman–Crippen MR) is 113 cm³/mol. The molecule has 2 aromatic carbocycles. The van der Waals surface area contributed by atoms with Crippen LogP contribution < -0.4 is 11.1 Å². The molecule has 29 heavy (non-hydrogen) atoms. The summed E-state index contributed by atoms with van der Waals surface area (Å²) < 4.78 is 13.1. The molecule has 1 fully saturated rings. The number of carbonyl (C=O) groups is 1. The van der Waals surface area contributed by atoms with E-state index in [1.54, 1.807) is 12.1 Å². The van der Waals surface area contributed by atoms with E-state index < -0.39 is 0 Å². The molecule has 1 amide bonds. The first-order chi connectivity index (χ1) is 14.1. The van der Waals surface area contributed by atoms with Crippen LogP contribution in [-0.2, 0) is 17.8 Å². The highest BCUT2D eigenvalue weighted by Crippen LogP contribution is 2.20. The maximum atomic E-state index is 13.1. The summed E-state index contributed by atoms with van der Waals surface area (Å²) in [6.07, 6.45) is 2.52. The second-order valence-electron chi connectivity index (χ2n) is 7.85. The molecule has 0 saturated carbocycles. The third kappa shape index (κ3) is 6.35. The van der Waals surface area contributed by atoms with Crippen LogP contribution in [0, 0.1) is 17.7 Å². The minimum atomic E-state index is -0.373. The summed E-state index contributed by atoms with van der Waals surface area (Å²) in [5, 5.41) is 12.2. The Morgan fingerprint density at radius 1 is 1.17 bits per heavy atom. The number of amides is 1. The molecule has 2 aromatic rings. The molecule has 1 unspecified atom stereocenters. The van der Waals surface area contributed by atoms with Crippen LogP contribution in [-0.4, -0.2) is 42.2 Å². The molecule has 156 valence electrons. The lowest BCUT2D eigenvalue weighted by atomic mass is 9.97. The number of piperidine rings is 1. The van der Waals surface area contributed by atoms with Gasteiger partial charge in [0.2, 0.25) is 5.91 Å². The smallest absolute Gasteiger partial charge is 0.229 e. The normalized spacial score (nSPS) is 16.5. The van der Waals surface area contributed by atoms with Crippen molar-refractivity contribution in [2.24, 2.45) is 17.6 Å². The molecule has 1 aliphatic heterocycles. The van der Waals surface area contributed by atoms with E-state index in [1.165, 1.54) is 12.1 Å². The van der Waals surface area contributed by atoms with Crippen molar-refractivity contribution in [2.45, 2.75) is 25.8 Å². The number of aliphatic hydroxyl groups is 1. The number of hydrogen-bond acceptors (Lipinski definition) is 4. The number of likely N-dealkylation sites (tertiary alicyclic amines) is 1. The molecule has 4 N–H and O–H groups in total. The van der Waals surface area contributed by atoms with Gasteiger partial charge in [-0.1, -0.05) is 24.3 Å². The Kier molecular flexibility index (Phi) is 7.75. The van der Waals surface area contributed by atoms with Gasteiger partial charge >= 0.3 is 0 Å². The number of hydrogen-bond donors (Lipinski definition) is 3. The molecule has 0 spiro atoms. The summed E-state index contributed by atoms with van der Waals surface area (Å²) in [5.41, 5.74) is 8.61. The van der Waals surface area contributed by atoms with Gasteiger partial charge in [0.15, 0.2) is 0 Å². The van der Waals surface area contributed by atoms with Crippen molar-refractivity contribution in [1.29, 1.82) is 0 Å². The summed E-state index contributed by atoms with van der Waals surface area (Å²) in [7, 11) is 0. The van der Waals surface area contributed by atoms with Crippen LogP contribution in [0.2, 0.25) is 0 Å². The topological polar surface area (TPSA) is 78.6 Å². The highest BCUT2D eigenvalue weighted by Gasteiger charge is 2.20. The Hall–Kier alpha value is -2.28. The Morgan fingerprint density at radius 3 is 2.55 bits per heavy atom. The zero-order valence-corrected chi connectivity index (χ0v) is 16.7. The first kappa shape index (κ1) is 21.4. The number of anilines is 1. The third-order valence-corrected chi connectivity index (χ3v) is 5.62. The Morgan fingerprint density at radius 2 is 1.90 bits per heavy atom. The number of nitrogens with one attached hydrogen (secondary N) is 1. The Balaban J connectivity index is 1.56. The van der Waals surface area contributed by atoms with Gasteiger partial charge in [0.1, 0.15) is 5.82 Å². The van der Waals surface area contributed by atoms with Crippen molar-refractivity contribution in [3.63, 3.8) is 0 Å². The van der Waals surface area contributed by atoms with Crippen molar-refractivity contribution < 1.29 is 14.3 Å². The van der Waals surface area contributed by atoms with Crippen LogP contribution in [0.4, 0.5) is 10.1 Å². The molecule has 1 saturated heterocycles. The van der Waals surface area contributed by atoms with Crippen molar-refractivity contribution in [3.05, 3.63) is 65.5 Å². The van der Waals surface area contributed by atoms with Gasteiger partial charge in [-0.2, -0.15) is 0 Å². The van der Waals surface area contributed by atoms with Gasteiger partial charge in [0.05, 0.1) is 5.92 Å². The minimum Gasteiger partial charge on any atom is -0.396 e. The van der Waals surface area contributed by atoms with Gasteiger partial charge in [-0.3, -0.25) is 9.69 Å². The number of nitrogens with zero attached hydrogens (tertiary/aromatic N) is 1. The highest BCUT2D eigenvalue weighted by atomic mass is 19.1. The Bertz CT molecular complexity index is 789. The molecule has 0 radical (unpaired) electrons. The van der Waals surface area contributed by atoms with E-state index in [4.69, 9.17) is 5.73 Å². The zero-order valence-electron chi connectivity index (χ0n) is 16.7. The lowest BCUT2D eigenvalue weighted by molar-refractivity contribution is -0.119. The number of halogens is 1. The van der Waals surface area contributed by atoms with Crippen LogP contribution in [0.25, 0.3) is 0 Å². The molecule has 0 bridgehead atoms. The van der Waals surface area contributed by atoms with Crippen molar-refractivity contribution >= 4 is 11.6 Å². The van der Waals surface area contributed by atoms with Crippen molar-refractivity contribution in [2.75, 3.05) is 31.6 Å². The Labute approximate surface area is 171 Å². The molecule has 5 nitrogen and oxygen atoms in total. The number of benzene rings is 2. The van der Waals surface area contributed by atoms with Crippen LogP contribution in [0.5, 0.6) is 0 Å². The quantitative estimate of drug-likeness (QED) is 0.638. The summed E-state index contributed by atoms with van der Waals surface area (Å²) in [6, 6.07) is 14.1. The maximum Gasteiger partial charge on any atom is 0.229 e. The van der Waals surface area contributed by atoms with Crippen LogP contribution in [0.15, 0.2) is 48.5 Å². The van der Waals surface area contributed by atoms with E-state index >= 15 is 0 Å². The third-order valence-electron chi connectivity index (χ3n) is 5.62.